The highest BCUT2D eigenvalue weighted by atomic mass is 35.5. The molecule has 0 fully saturated rings. The van der Waals surface area contributed by atoms with E-state index in [0.717, 1.165) is 23.3 Å². The lowest BCUT2D eigenvalue weighted by Crippen LogP contribution is -2.08. The molecule has 1 aromatic carbocycles. The van der Waals surface area contributed by atoms with Gasteiger partial charge in [-0.25, -0.2) is 9.97 Å². The summed E-state index contributed by atoms with van der Waals surface area (Å²) in [7, 11) is 1.49. The van der Waals surface area contributed by atoms with Gasteiger partial charge < -0.3 is 9.47 Å². The Bertz CT molecular complexity index is 703. The van der Waals surface area contributed by atoms with E-state index in [0.29, 0.717) is 23.2 Å². The topological polar surface area (TPSA) is 61.3 Å². The number of benzene rings is 1. The third-order valence-corrected chi connectivity index (χ3v) is 3.53. The molecule has 0 unspecified atom stereocenters. The van der Waals surface area contributed by atoms with Gasteiger partial charge in [0.15, 0.2) is 5.78 Å². The number of hydrogen-bond acceptors (Lipinski definition) is 5. The van der Waals surface area contributed by atoms with Crippen LogP contribution in [0.15, 0.2) is 24.5 Å². The Balaban J connectivity index is 1.88. The number of nitrogens with zero attached hydrogens (tertiary/aromatic N) is 2. The Morgan fingerprint density at radius 2 is 2.24 bits per heavy atom. The van der Waals surface area contributed by atoms with Crippen molar-refractivity contribution in [1.82, 2.24) is 9.97 Å². The van der Waals surface area contributed by atoms with Gasteiger partial charge in [0.2, 0.25) is 5.88 Å². The van der Waals surface area contributed by atoms with Gasteiger partial charge in [-0.05, 0) is 17.7 Å². The Hall–Kier alpha value is -2.14. The Morgan fingerprint density at radius 1 is 1.38 bits per heavy atom. The average Bonchev–Trinajstić information content (AvgIpc) is 2.95. The molecule has 3 rings (SSSR count). The second kappa shape index (κ2) is 5.69. The number of aromatic nitrogens is 2. The third kappa shape index (κ3) is 2.83. The predicted molar refractivity (Wildman–Crippen MR) is 77.3 cm³/mol. The van der Waals surface area contributed by atoms with E-state index in [4.69, 9.17) is 21.1 Å². The first-order chi connectivity index (χ1) is 10.2. The molecular formula is C15H13ClN2O3. The standard InChI is InChI=1S/C15H13ClN2O3/c1-20-14-7-12(17-8-18-14)13(19)6-10-5-11(16)4-9-2-3-21-15(9)10/h4-5,7-8H,2-3,6H2,1H3. The number of hydrogen-bond donors (Lipinski definition) is 0. The van der Waals surface area contributed by atoms with Crippen LogP contribution in [0.2, 0.25) is 5.02 Å². The van der Waals surface area contributed by atoms with Crippen molar-refractivity contribution in [2.24, 2.45) is 0 Å². The number of rotatable bonds is 4. The van der Waals surface area contributed by atoms with Gasteiger partial charge in [0, 0.05) is 29.5 Å². The molecule has 0 amide bonds. The van der Waals surface area contributed by atoms with Crippen molar-refractivity contribution in [1.29, 1.82) is 0 Å². The van der Waals surface area contributed by atoms with Crippen LogP contribution in [0.1, 0.15) is 21.6 Å². The van der Waals surface area contributed by atoms with E-state index in [1.54, 1.807) is 6.07 Å². The van der Waals surface area contributed by atoms with Crippen LogP contribution >= 0.6 is 11.6 Å². The summed E-state index contributed by atoms with van der Waals surface area (Å²) in [6, 6.07) is 5.17. The summed E-state index contributed by atoms with van der Waals surface area (Å²) in [5.41, 5.74) is 2.15. The molecule has 1 aliphatic rings. The Kier molecular flexibility index (Phi) is 3.75. The molecule has 0 aliphatic carbocycles. The van der Waals surface area contributed by atoms with Crippen LogP contribution in [-0.4, -0.2) is 29.5 Å². The molecule has 0 atom stereocenters. The van der Waals surface area contributed by atoms with Crippen LogP contribution < -0.4 is 9.47 Å². The van der Waals surface area contributed by atoms with Crippen LogP contribution in [0, 0.1) is 0 Å². The maximum atomic E-state index is 12.3. The van der Waals surface area contributed by atoms with Crippen LogP contribution in [0.3, 0.4) is 0 Å². The minimum atomic E-state index is -0.129. The minimum absolute atomic E-state index is 0.129. The zero-order chi connectivity index (χ0) is 14.8. The van der Waals surface area contributed by atoms with Crippen molar-refractivity contribution in [3.63, 3.8) is 0 Å². The number of carbonyl (C=O) groups excluding carboxylic acids is 1. The molecule has 5 nitrogen and oxygen atoms in total. The van der Waals surface area contributed by atoms with Crippen LogP contribution in [0.25, 0.3) is 0 Å². The Labute approximate surface area is 126 Å². The lowest BCUT2D eigenvalue weighted by Gasteiger charge is -2.08. The fraction of sp³-hybridized carbons (Fsp3) is 0.267. The van der Waals surface area contributed by atoms with E-state index in [1.807, 2.05) is 6.07 Å². The molecule has 21 heavy (non-hydrogen) atoms. The number of carbonyl (C=O) groups is 1. The smallest absolute Gasteiger partial charge is 0.216 e. The van der Waals surface area contributed by atoms with Crippen molar-refractivity contribution in [2.45, 2.75) is 12.8 Å². The number of Topliss-reactive ketones (excluding diaryl/α,β-unsaturated/α-hetero) is 1. The first kappa shape index (κ1) is 13.8. The maximum absolute atomic E-state index is 12.3. The summed E-state index contributed by atoms with van der Waals surface area (Å²) in [5.74, 6) is 1.00. The quantitative estimate of drug-likeness (QED) is 0.812. The van der Waals surface area contributed by atoms with Crippen molar-refractivity contribution >= 4 is 17.4 Å². The van der Waals surface area contributed by atoms with Gasteiger partial charge in [0.05, 0.1) is 13.7 Å². The van der Waals surface area contributed by atoms with Crippen LogP contribution in [-0.2, 0) is 12.8 Å². The van der Waals surface area contributed by atoms with Gasteiger partial charge in [-0.15, -0.1) is 0 Å². The van der Waals surface area contributed by atoms with Crippen molar-refractivity contribution < 1.29 is 14.3 Å². The number of halogens is 1. The SMILES string of the molecule is COc1cc(C(=O)Cc2cc(Cl)cc3c2OCC3)ncn1. The van der Waals surface area contributed by atoms with Crippen molar-refractivity contribution in [3.8, 4) is 11.6 Å². The first-order valence-electron chi connectivity index (χ1n) is 6.50. The Morgan fingerprint density at radius 3 is 3.05 bits per heavy atom. The molecule has 108 valence electrons. The second-order valence-corrected chi connectivity index (χ2v) is 5.13. The minimum Gasteiger partial charge on any atom is -0.493 e. The van der Waals surface area contributed by atoms with Crippen molar-refractivity contribution in [3.05, 3.63) is 46.4 Å². The number of ketones is 1. The monoisotopic (exact) mass is 304 g/mol. The lowest BCUT2D eigenvalue weighted by molar-refractivity contribution is 0.0986. The van der Waals surface area contributed by atoms with Crippen LogP contribution in [0.5, 0.6) is 11.6 Å². The van der Waals surface area contributed by atoms with Gasteiger partial charge in [-0.2, -0.15) is 0 Å². The van der Waals surface area contributed by atoms with E-state index < -0.39 is 0 Å². The van der Waals surface area contributed by atoms with E-state index >= 15 is 0 Å². The van der Waals surface area contributed by atoms with E-state index in [9.17, 15) is 4.79 Å². The summed E-state index contributed by atoms with van der Waals surface area (Å²) >= 11 is 6.09. The van der Waals surface area contributed by atoms with Crippen LogP contribution in [0.4, 0.5) is 0 Å². The predicted octanol–water partition coefficient (Wildman–Crippen LogP) is 2.50. The van der Waals surface area contributed by atoms with Gasteiger partial charge in [-0.1, -0.05) is 11.6 Å². The highest BCUT2D eigenvalue weighted by Gasteiger charge is 2.20. The fourth-order valence-electron chi connectivity index (χ4n) is 2.34. The second-order valence-electron chi connectivity index (χ2n) is 4.70. The summed E-state index contributed by atoms with van der Waals surface area (Å²) in [6.45, 7) is 0.623. The summed E-state index contributed by atoms with van der Waals surface area (Å²) < 4.78 is 10.6. The molecule has 0 spiro atoms. The molecule has 2 heterocycles. The van der Waals surface area contributed by atoms with Gasteiger partial charge in [0.1, 0.15) is 17.8 Å². The average molecular weight is 305 g/mol. The molecule has 0 saturated heterocycles. The summed E-state index contributed by atoms with van der Waals surface area (Å²) in [4.78, 5) is 20.2. The van der Waals surface area contributed by atoms with E-state index in [2.05, 4.69) is 9.97 Å². The zero-order valence-electron chi connectivity index (χ0n) is 11.4. The molecule has 2 aromatic rings. The fourth-order valence-corrected chi connectivity index (χ4v) is 2.61. The molecular weight excluding hydrogens is 292 g/mol. The van der Waals surface area contributed by atoms with Gasteiger partial charge >= 0.3 is 0 Å². The highest BCUT2D eigenvalue weighted by Crippen LogP contribution is 2.33. The molecule has 0 saturated carbocycles. The largest absolute Gasteiger partial charge is 0.493 e. The summed E-state index contributed by atoms with van der Waals surface area (Å²) in [6.07, 6.45) is 2.31. The molecule has 0 N–H and O–H groups in total. The van der Waals surface area contributed by atoms with E-state index in [1.165, 1.54) is 19.5 Å². The van der Waals surface area contributed by atoms with Gasteiger partial charge in [-0.3, -0.25) is 4.79 Å². The zero-order valence-corrected chi connectivity index (χ0v) is 12.2. The number of fused-ring (bicyclic) bond motifs is 1. The van der Waals surface area contributed by atoms with Crippen molar-refractivity contribution in [2.75, 3.05) is 13.7 Å². The number of methoxy groups -OCH3 is 1. The van der Waals surface area contributed by atoms with Gasteiger partial charge in [0.25, 0.3) is 0 Å². The lowest BCUT2D eigenvalue weighted by atomic mass is 10.0. The maximum Gasteiger partial charge on any atom is 0.216 e. The molecule has 6 heteroatoms. The molecule has 0 radical (unpaired) electrons. The summed E-state index contributed by atoms with van der Waals surface area (Å²) in [5, 5.41) is 0.613. The first-order valence-corrected chi connectivity index (χ1v) is 6.88. The number of ether oxygens (including phenoxy) is 2. The molecule has 1 aliphatic heterocycles. The molecule has 1 aromatic heterocycles. The molecule has 0 bridgehead atoms. The third-order valence-electron chi connectivity index (χ3n) is 3.31. The normalized spacial score (nSPS) is 12.7. The van der Waals surface area contributed by atoms with E-state index in [-0.39, 0.29) is 12.2 Å². The highest BCUT2D eigenvalue weighted by molar-refractivity contribution is 6.30.